The molecule has 1 aliphatic heterocycles. The first kappa shape index (κ1) is 15.6. The third kappa shape index (κ3) is 3.71. The summed E-state index contributed by atoms with van der Waals surface area (Å²) in [5.41, 5.74) is 8.36. The van der Waals surface area contributed by atoms with Crippen molar-refractivity contribution >= 4 is 34.5 Å². The Morgan fingerprint density at radius 1 is 1.22 bits per heavy atom. The zero-order valence-electron chi connectivity index (χ0n) is 12.7. The van der Waals surface area contributed by atoms with Gasteiger partial charge in [-0.1, -0.05) is 0 Å². The van der Waals surface area contributed by atoms with Gasteiger partial charge in [-0.15, -0.1) is 0 Å². The number of hydrogen-bond acceptors (Lipinski definition) is 4. The Kier molecular flexibility index (Phi) is 4.62. The minimum absolute atomic E-state index is 0.0922. The number of primary amides is 1. The molecule has 0 spiro atoms. The van der Waals surface area contributed by atoms with Gasteiger partial charge in [-0.05, 0) is 53.4 Å². The molecule has 0 bridgehead atoms. The van der Waals surface area contributed by atoms with Gasteiger partial charge in [-0.25, -0.2) is 0 Å². The van der Waals surface area contributed by atoms with Crippen LogP contribution in [0.15, 0.2) is 35.0 Å². The smallest absolute Gasteiger partial charge is 0.248 e. The third-order valence-corrected chi connectivity index (χ3v) is 4.68. The van der Waals surface area contributed by atoms with E-state index < -0.39 is 5.91 Å². The largest absolute Gasteiger partial charge is 0.370 e. The summed E-state index contributed by atoms with van der Waals surface area (Å²) >= 11 is 1.57. The maximum absolute atomic E-state index is 12.3. The molecule has 1 aromatic carbocycles. The van der Waals surface area contributed by atoms with E-state index in [0.29, 0.717) is 17.7 Å². The lowest BCUT2D eigenvalue weighted by Crippen LogP contribution is -2.22. The van der Waals surface area contributed by atoms with Gasteiger partial charge in [0.1, 0.15) is 0 Å². The first-order chi connectivity index (χ1) is 11.1. The van der Waals surface area contributed by atoms with Crippen LogP contribution in [0.2, 0.25) is 0 Å². The second-order valence-corrected chi connectivity index (χ2v) is 6.43. The van der Waals surface area contributed by atoms with E-state index in [9.17, 15) is 9.59 Å². The molecule has 120 valence electrons. The summed E-state index contributed by atoms with van der Waals surface area (Å²) in [5.74, 6) is -0.586. The second kappa shape index (κ2) is 6.83. The number of carbonyl (C=O) groups excluding carboxylic acids is 2. The van der Waals surface area contributed by atoms with Crippen molar-refractivity contribution in [2.24, 2.45) is 5.73 Å². The van der Waals surface area contributed by atoms with Crippen molar-refractivity contribution in [3.63, 3.8) is 0 Å². The second-order valence-electron chi connectivity index (χ2n) is 5.65. The highest BCUT2D eigenvalue weighted by Gasteiger charge is 2.18. The van der Waals surface area contributed by atoms with Crippen molar-refractivity contribution in [2.45, 2.75) is 19.3 Å². The molecular weight excluding hydrogens is 310 g/mol. The van der Waals surface area contributed by atoms with E-state index >= 15 is 0 Å². The molecule has 3 N–H and O–H groups in total. The molecule has 0 aliphatic carbocycles. The predicted octanol–water partition coefficient (Wildman–Crippen LogP) is 2.63. The summed E-state index contributed by atoms with van der Waals surface area (Å²) in [7, 11) is 0. The number of carbonyl (C=O) groups is 2. The number of thiophene rings is 1. The van der Waals surface area contributed by atoms with E-state index in [-0.39, 0.29) is 5.91 Å². The van der Waals surface area contributed by atoms with Crippen molar-refractivity contribution in [1.29, 1.82) is 0 Å². The fourth-order valence-electron chi connectivity index (χ4n) is 2.80. The summed E-state index contributed by atoms with van der Waals surface area (Å²) in [6.07, 6.45) is 2.60. The van der Waals surface area contributed by atoms with Crippen molar-refractivity contribution in [1.82, 2.24) is 0 Å². The zero-order chi connectivity index (χ0) is 16.2. The van der Waals surface area contributed by atoms with E-state index in [2.05, 4.69) is 10.2 Å². The van der Waals surface area contributed by atoms with Crippen LogP contribution in [0.25, 0.3) is 0 Å². The van der Waals surface area contributed by atoms with E-state index in [1.54, 1.807) is 23.5 Å². The highest BCUT2D eigenvalue weighted by atomic mass is 32.1. The highest BCUT2D eigenvalue weighted by Crippen LogP contribution is 2.30. The maximum atomic E-state index is 12.3. The van der Waals surface area contributed by atoms with Crippen LogP contribution in [0.5, 0.6) is 0 Å². The van der Waals surface area contributed by atoms with Crippen LogP contribution in [-0.2, 0) is 11.2 Å². The van der Waals surface area contributed by atoms with Gasteiger partial charge in [0.25, 0.3) is 0 Å². The molecule has 2 amide bonds. The van der Waals surface area contributed by atoms with Gasteiger partial charge < -0.3 is 16.0 Å². The number of amides is 2. The summed E-state index contributed by atoms with van der Waals surface area (Å²) < 4.78 is 0. The van der Waals surface area contributed by atoms with Crippen molar-refractivity contribution < 1.29 is 9.59 Å². The quantitative estimate of drug-likeness (QED) is 0.885. The number of rotatable bonds is 5. The number of nitrogens with one attached hydrogen (secondary N) is 1. The van der Waals surface area contributed by atoms with Gasteiger partial charge in [0.2, 0.25) is 11.8 Å². The highest BCUT2D eigenvalue weighted by molar-refractivity contribution is 7.08. The van der Waals surface area contributed by atoms with E-state index in [4.69, 9.17) is 5.73 Å². The Labute approximate surface area is 139 Å². The molecule has 1 aromatic heterocycles. The van der Waals surface area contributed by atoms with E-state index in [1.165, 1.54) is 0 Å². The van der Waals surface area contributed by atoms with Crippen LogP contribution in [0.1, 0.15) is 28.8 Å². The van der Waals surface area contributed by atoms with E-state index in [0.717, 1.165) is 37.2 Å². The predicted molar refractivity (Wildman–Crippen MR) is 93.1 cm³/mol. The van der Waals surface area contributed by atoms with Crippen molar-refractivity contribution in [3.05, 3.63) is 46.2 Å². The van der Waals surface area contributed by atoms with Gasteiger partial charge in [0, 0.05) is 18.7 Å². The van der Waals surface area contributed by atoms with Crippen LogP contribution in [0, 0.1) is 0 Å². The van der Waals surface area contributed by atoms with Gasteiger partial charge >= 0.3 is 0 Å². The lowest BCUT2D eigenvalue weighted by atomic mass is 10.1. The molecule has 6 heteroatoms. The van der Waals surface area contributed by atoms with Gasteiger partial charge in [0.15, 0.2) is 0 Å². The van der Waals surface area contributed by atoms with Crippen LogP contribution < -0.4 is 16.0 Å². The standard InChI is InChI=1S/C17H19N3O2S/c18-17(22)13-3-4-15(20-6-1-2-7-20)14(10-13)19-16(21)9-12-5-8-23-11-12/h3-5,8,10-11H,1-2,6-7,9H2,(H2,18,22)(H,19,21). The molecule has 1 fully saturated rings. The molecule has 1 saturated heterocycles. The Morgan fingerprint density at radius 3 is 2.65 bits per heavy atom. The third-order valence-electron chi connectivity index (χ3n) is 3.95. The topological polar surface area (TPSA) is 75.4 Å². The maximum Gasteiger partial charge on any atom is 0.248 e. The molecule has 0 unspecified atom stereocenters. The number of hydrogen-bond donors (Lipinski definition) is 2. The first-order valence-corrected chi connectivity index (χ1v) is 8.57. The monoisotopic (exact) mass is 329 g/mol. The van der Waals surface area contributed by atoms with Crippen LogP contribution >= 0.6 is 11.3 Å². The summed E-state index contributed by atoms with van der Waals surface area (Å²) in [4.78, 5) is 25.9. The molecular formula is C17H19N3O2S. The summed E-state index contributed by atoms with van der Waals surface area (Å²) in [5, 5.41) is 6.85. The Morgan fingerprint density at radius 2 is 2.00 bits per heavy atom. The fraction of sp³-hybridized carbons (Fsp3) is 0.294. The van der Waals surface area contributed by atoms with Crippen LogP contribution in [0.3, 0.4) is 0 Å². The number of nitrogens with two attached hydrogens (primary N) is 1. The zero-order valence-corrected chi connectivity index (χ0v) is 13.6. The molecule has 0 atom stereocenters. The SMILES string of the molecule is NC(=O)c1ccc(N2CCCC2)c(NC(=O)Cc2ccsc2)c1. The molecule has 3 rings (SSSR count). The molecule has 5 nitrogen and oxygen atoms in total. The van der Waals surface area contributed by atoms with Crippen molar-refractivity contribution in [3.8, 4) is 0 Å². The molecule has 2 heterocycles. The summed E-state index contributed by atoms with van der Waals surface area (Å²) in [6.45, 7) is 1.92. The average Bonchev–Trinajstić information content (AvgIpc) is 3.20. The van der Waals surface area contributed by atoms with Gasteiger partial charge in [-0.2, -0.15) is 11.3 Å². The molecule has 0 radical (unpaired) electrons. The Balaban J connectivity index is 1.83. The lowest BCUT2D eigenvalue weighted by molar-refractivity contribution is -0.115. The van der Waals surface area contributed by atoms with Gasteiger partial charge in [-0.3, -0.25) is 9.59 Å². The average molecular weight is 329 g/mol. The Bertz CT molecular complexity index is 707. The number of benzene rings is 1. The molecule has 1 aliphatic rings. The van der Waals surface area contributed by atoms with Crippen molar-refractivity contribution in [2.75, 3.05) is 23.3 Å². The molecule has 23 heavy (non-hydrogen) atoms. The fourth-order valence-corrected chi connectivity index (χ4v) is 3.46. The first-order valence-electron chi connectivity index (χ1n) is 7.63. The van der Waals surface area contributed by atoms with Gasteiger partial charge in [0.05, 0.1) is 17.8 Å². The molecule has 2 aromatic rings. The minimum atomic E-state index is -0.494. The molecule has 0 saturated carbocycles. The Hall–Kier alpha value is -2.34. The van der Waals surface area contributed by atoms with Crippen LogP contribution in [0.4, 0.5) is 11.4 Å². The minimum Gasteiger partial charge on any atom is -0.370 e. The number of nitrogens with zero attached hydrogens (tertiary/aromatic N) is 1. The number of anilines is 2. The van der Waals surface area contributed by atoms with E-state index in [1.807, 2.05) is 22.9 Å². The summed E-state index contributed by atoms with van der Waals surface area (Å²) in [6, 6.07) is 7.18. The normalized spacial score (nSPS) is 14.0. The van der Waals surface area contributed by atoms with Crippen LogP contribution in [-0.4, -0.2) is 24.9 Å². The lowest BCUT2D eigenvalue weighted by Gasteiger charge is -2.22.